The van der Waals surface area contributed by atoms with Gasteiger partial charge in [0.25, 0.3) is 0 Å². The minimum absolute atomic E-state index is 0.0276. The van der Waals surface area contributed by atoms with Crippen LogP contribution in [0.1, 0.15) is 40.5 Å². The third kappa shape index (κ3) is 3.35. The van der Waals surface area contributed by atoms with Crippen molar-refractivity contribution in [2.24, 2.45) is 5.90 Å². The average molecular weight is 230 g/mol. The van der Waals surface area contributed by atoms with E-state index in [2.05, 4.69) is 0 Å². The normalized spacial score (nSPS) is 23.3. The van der Waals surface area contributed by atoms with Crippen LogP contribution in [0, 0.1) is 0 Å². The predicted octanol–water partition coefficient (Wildman–Crippen LogP) is 1.66. The number of nitrogens with zero attached hydrogens (tertiary/aromatic N) is 1. The highest BCUT2D eigenvalue weighted by molar-refractivity contribution is 5.69. The fourth-order valence-electron chi connectivity index (χ4n) is 1.92. The number of ether oxygens (including phenoxy) is 1. The molecule has 0 saturated carbocycles. The van der Waals surface area contributed by atoms with Gasteiger partial charge in [-0.1, -0.05) is 0 Å². The second-order valence-corrected chi connectivity index (χ2v) is 5.22. The van der Waals surface area contributed by atoms with Gasteiger partial charge >= 0.3 is 6.09 Å². The zero-order valence-corrected chi connectivity index (χ0v) is 10.5. The van der Waals surface area contributed by atoms with E-state index >= 15 is 0 Å². The molecule has 94 valence electrons. The zero-order chi connectivity index (χ0) is 12.3. The lowest BCUT2D eigenvalue weighted by molar-refractivity contribution is -0.0141. The molecule has 1 fully saturated rings. The summed E-state index contributed by atoms with van der Waals surface area (Å²) in [6.45, 7) is 8.16. The first-order chi connectivity index (χ1) is 7.35. The lowest BCUT2D eigenvalue weighted by Crippen LogP contribution is -2.45. The Labute approximate surface area is 96.8 Å². The lowest BCUT2D eigenvalue weighted by atomic mass is 10.1. The van der Waals surface area contributed by atoms with Gasteiger partial charge in [0, 0.05) is 6.54 Å². The summed E-state index contributed by atoms with van der Waals surface area (Å²) in [6.07, 6.45) is 1.45. The largest absolute Gasteiger partial charge is 0.444 e. The Morgan fingerprint density at radius 2 is 2.12 bits per heavy atom. The molecular weight excluding hydrogens is 208 g/mol. The number of likely N-dealkylation sites (tertiary alicyclic amines) is 1. The first kappa shape index (κ1) is 13.3. The number of nitrogens with two attached hydrogens (primary N) is 1. The van der Waals surface area contributed by atoms with Crippen molar-refractivity contribution >= 4 is 6.09 Å². The van der Waals surface area contributed by atoms with Gasteiger partial charge in [0.05, 0.1) is 12.1 Å². The molecule has 2 atom stereocenters. The van der Waals surface area contributed by atoms with Crippen molar-refractivity contribution in [1.82, 2.24) is 4.90 Å². The molecular formula is C11H22N2O3. The molecule has 16 heavy (non-hydrogen) atoms. The van der Waals surface area contributed by atoms with Crippen LogP contribution in [0.5, 0.6) is 0 Å². The van der Waals surface area contributed by atoms with Crippen molar-refractivity contribution in [1.29, 1.82) is 0 Å². The smallest absolute Gasteiger partial charge is 0.410 e. The molecule has 2 N–H and O–H groups in total. The molecule has 0 spiro atoms. The van der Waals surface area contributed by atoms with Gasteiger partial charge in [0.1, 0.15) is 5.60 Å². The van der Waals surface area contributed by atoms with Crippen LogP contribution in [0.15, 0.2) is 0 Å². The number of amides is 1. The van der Waals surface area contributed by atoms with Gasteiger partial charge in [-0.2, -0.15) is 0 Å². The van der Waals surface area contributed by atoms with Crippen LogP contribution in [0.25, 0.3) is 0 Å². The van der Waals surface area contributed by atoms with E-state index in [0.29, 0.717) is 6.54 Å². The second kappa shape index (κ2) is 5.01. The van der Waals surface area contributed by atoms with E-state index in [1.54, 1.807) is 4.90 Å². The van der Waals surface area contributed by atoms with Crippen LogP contribution in [-0.2, 0) is 9.57 Å². The third-order valence-corrected chi connectivity index (χ3v) is 2.68. The Morgan fingerprint density at radius 1 is 1.50 bits per heavy atom. The van der Waals surface area contributed by atoms with Crippen LogP contribution < -0.4 is 5.90 Å². The molecule has 0 aromatic carbocycles. The molecule has 2 unspecified atom stereocenters. The van der Waals surface area contributed by atoms with Crippen molar-refractivity contribution in [3.8, 4) is 0 Å². The first-order valence-corrected chi connectivity index (χ1v) is 5.70. The number of carbonyl (C=O) groups is 1. The van der Waals surface area contributed by atoms with Crippen molar-refractivity contribution in [2.45, 2.75) is 58.3 Å². The summed E-state index contributed by atoms with van der Waals surface area (Å²) in [4.78, 5) is 18.4. The van der Waals surface area contributed by atoms with E-state index in [-0.39, 0.29) is 18.2 Å². The molecule has 0 aromatic rings. The number of carbonyl (C=O) groups excluding carboxylic acids is 1. The molecule has 1 amide bonds. The van der Waals surface area contributed by atoms with E-state index in [0.717, 1.165) is 12.8 Å². The van der Waals surface area contributed by atoms with Crippen molar-refractivity contribution in [3.63, 3.8) is 0 Å². The molecule has 0 aliphatic carbocycles. The minimum atomic E-state index is -0.461. The molecule has 0 aromatic heterocycles. The molecule has 0 radical (unpaired) electrons. The van der Waals surface area contributed by atoms with Gasteiger partial charge < -0.3 is 9.64 Å². The molecule has 1 aliphatic rings. The van der Waals surface area contributed by atoms with Gasteiger partial charge in [0.15, 0.2) is 0 Å². The lowest BCUT2D eigenvalue weighted by Gasteiger charge is -2.30. The summed E-state index contributed by atoms with van der Waals surface area (Å²) in [5.74, 6) is 5.16. The SMILES string of the molecule is CC(ON)C1CCCN1C(=O)OC(C)(C)C. The highest BCUT2D eigenvalue weighted by atomic mass is 16.6. The van der Waals surface area contributed by atoms with E-state index < -0.39 is 5.60 Å². The van der Waals surface area contributed by atoms with Crippen LogP contribution >= 0.6 is 0 Å². The Balaban J connectivity index is 2.61. The third-order valence-electron chi connectivity index (χ3n) is 2.68. The van der Waals surface area contributed by atoms with Crippen molar-refractivity contribution in [3.05, 3.63) is 0 Å². The maximum absolute atomic E-state index is 11.9. The summed E-state index contributed by atoms with van der Waals surface area (Å²) < 4.78 is 5.34. The Kier molecular flexibility index (Phi) is 4.15. The molecule has 5 nitrogen and oxygen atoms in total. The highest BCUT2D eigenvalue weighted by Crippen LogP contribution is 2.23. The quantitative estimate of drug-likeness (QED) is 0.733. The monoisotopic (exact) mass is 230 g/mol. The van der Waals surface area contributed by atoms with Crippen molar-refractivity contribution in [2.75, 3.05) is 6.54 Å². The molecule has 5 heteroatoms. The van der Waals surface area contributed by atoms with Crippen LogP contribution in [0.4, 0.5) is 4.79 Å². The number of hydrogen-bond donors (Lipinski definition) is 1. The summed E-state index contributed by atoms with van der Waals surface area (Å²) in [5.41, 5.74) is -0.461. The van der Waals surface area contributed by atoms with Gasteiger partial charge in [-0.05, 0) is 40.5 Å². The van der Waals surface area contributed by atoms with Crippen LogP contribution in [0.2, 0.25) is 0 Å². The Hall–Kier alpha value is -0.810. The van der Waals surface area contributed by atoms with Gasteiger partial charge in [-0.15, -0.1) is 0 Å². The second-order valence-electron chi connectivity index (χ2n) is 5.22. The molecule has 1 aliphatic heterocycles. The van der Waals surface area contributed by atoms with E-state index in [4.69, 9.17) is 15.5 Å². The summed E-state index contributed by atoms with van der Waals surface area (Å²) in [5, 5.41) is 0. The minimum Gasteiger partial charge on any atom is -0.444 e. The Bertz CT molecular complexity index is 250. The number of rotatable bonds is 2. The van der Waals surface area contributed by atoms with Crippen LogP contribution in [-0.4, -0.2) is 35.3 Å². The maximum atomic E-state index is 11.9. The fourth-order valence-corrected chi connectivity index (χ4v) is 1.92. The van der Waals surface area contributed by atoms with E-state index in [1.165, 1.54) is 0 Å². The first-order valence-electron chi connectivity index (χ1n) is 5.70. The standard InChI is InChI=1S/C11H22N2O3/c1-8(16-12)9-6-5-7-13(9)10(14)15-11(2,3)4/h8-9H,5-7,12H2,1-4H3. The Morgan fingerprint density at radius 3 is 2.62 bits per heavy atom. The average Bonchev–Trinajstić information content (AvgIpc) is 2.62. The predicted molar refractivity (Wildman–Crippen MR) is 60.7 cm³/mol. The van der Waals surface area contributed by atoms with Gasteiger partial charge in [-0.3, -0.25) is 4.84 Å². The summed E-state index contributed by atoms with van der Waals surface area (Å²) in [7, 11) is 0. The molecule has 1 saturated heterocycles. The van der Waals surface area contributed by atoms with Gasteiger partial charge in [-0.25, -0.2) is 10.7 Å². The molecule has 0 bridgehead atoms. The maximum Gasteiger partial charge on any atom is 0.410 e. The van der Waals surface area contributed by atoms with E-state index in [9.17, 15) is 4.79 Å². The van der Waals surface area contributed by atoms with Crippen molar-refractivity contribution < 1.29 is 14.4 Å². The van der Waals surface area contributed by atoms with E-state index in [1.807, 2.05) is 27.7 Å². The summed E-state index contributed by atoms with van der Waals surface area (Å²) >= 11 is 0. The fraction of sp³-hybridized carbons (Fsp3) is 0.909. The molecule has 1 heterocycles. The highest BCUT2D eigenvalue weighted by Gasteiger charge is 2.35. The zero-order valence-electron chi connectivity index (χ0n) is 10.5. The van der Waals surface area contributed by atoms with Crippen LogP contribution in [0.3, 0.4) is 0 Å². The number of hydrogen-bond acceptors (Lipinski definition) is 4. The molecule has 1 rings (SSSR count). The topological polar surface area (TPSA) is 64.8 Å². The summed E-state index contributed by atoms with van der Waals surface area (Å²) in [6, 6.07) is 0.0276. The van der Waals surface area contributed by atoms with Gasteiger partial charge in [0.2, 0.25) is 0 Å².